The van der Waals surface area contributed by atoms with Crippen molar-refractivity contribution >= 4 is 5.91 Å². The molecule has 88 valence electrons. The number of ether oxygens (including phenoxy) is 1. The first-order chi connectivity index (χ1) is 7.74. The molecule has 0 radical (unpaired) electrons. The Kier molecular flexibility index (Phi) is 8.69. The third kappa shape index (κ3) is 7.62. The minimum atomic E-state index is -0.121. The first-order valence-corrected chi connectivity index (χ1v) is 5.25. The van der Waals surface area contributed by atoms with Gasteiger partial charge in [0.1, 0.15) is 5.76 Å². The zero-order valence-electron chi connectivity index (χ0n) is 9.74. The molecule has 0 aliphatic rings. The first-order valence-electron chi connectivity index (χ1n) is 5.25. The van der Waals surface area contributed by atoms with Crippen molar-refractivity contribution in [2.75, 3.05) is 13.2 Å². The molecule has 0 rings (SSSR count). The quantitative estimate of drug-likeness (QED) is 0.504. The van der Waals surface area contributed by atoms with Crippen molar-refractivity contribution in [2.24, 2.45) is 0 Å². The molecule has 0 aromatic rings. The molecule has 0 fully saturated rings. The predicted octanol–water partition coefficient (Wildman–Crippen LogP) is 2.34. The van der Waals surface area contributed by atoms with E-state index < -0.39 is 0 Å². The topological polar surface area (TPSA) is 38.3 Å². The molecule has 0 bridgehead atoms. The third-order valence-electron chi connectivity index (χ3n) is 1.62. The summed E-state index contributed by atoms with van der Waals surface area (Å²) in [5, 5.41) is 2.72. The first kappa shape index (κ1) is 14.2. The standard InChI is InChI=1S/C13H19NO2/c1-4-7-9-12(8-5-2)16-11-13(15)14-10-6-3/h4-5,7-9H,1-2,6,10-11H2,3H3,(H,14,15)/b9-7-,12-8+. The maximum absolute atomic E-state index is 11.3. The van der Waals surface area contributed by atoms with Gasteiger partial charge in [0.25, 0.3) is 5.91 Å². The second kappa shape index (κ2) is 9.77. The van der Waals surface area contributed by atoms with E-state index in [1.165, 1.54) is 0 Å². The van der Waals surface area contributed by atoms with Crippen LogP contribution in [-0.2, 0) is 9.53 Å². The van der Waals surface area contributed by atoms with E-state index in [9.17, 15) is 4.79 Å². The van der Waals surface area contributed by atoms with Gasteiger partial charge in [-0.25, -0.2) is 0 Å². The molecular weight excluding hydrogens is 202 g/mol. The summed E-state index contributed by atoms with van der Waals surface area (Å²) < 4.78 is 5.29. The minimum absolute atomic E-state index is 0.0150. The Morgan fingerprint density at radius 1 is 1.38 bits per heavy atom. The van der Waals surface area contributed by atoms with E-state index in [-0.39, 0.29) is 12.5 Å². The maximum Gasteiger partial charge on any atom is 0.257 e. The molecule has 0 heterocycles. The van der Waals surface area contributed by atoms with Gasteiger partial charge in [0.2, 0.25) is 0 Å². The van der Waals surface area contributed by atoms with Crippen LogP contribution in [-0.4, -0.2) is 19.1 Å². The molecule has 1 amide bonds. The molecule has 0 aromatic carbocycles. The lowest BCUT2D eigenvalue weighted by Gasteiger charge is -2.06. The monoisotopic (exact) mass is 221 g/mol. The molecule has 0 aromatic heterocycles. The van der Waals surface area contributed by atoms with E-state index in [0.29, 0.717) is 12.3 Å². The smallest absolute Gasteiger partial charge is 0.257 e. The highest BCUT2D eigenvalue weighted by molar-refractivity contribution is 5.77. The molecule has 0 aliphatic carbocycles. The van der Waals surface area contributed by atoms with Crippen LogP contribution in [0.1, 0.15) is 13.3 Å². The van der Waals surface area contributed by atoms with Gasteiger partial charge in [0, 0.05) is 6.54 Å². The Bertz CT molecular complexity index is 290. The highest BCUT2D eigenvalue weighted by Crippen LogP contribution is 2.00. The van der Waals surface area contributed by atoms with Crippen molar-refractivity contribution in [1.82, 2.24) is 5.32 Å². The summed E-state index contributed by atoms with van der Waals surface area (Å²) in [6, 6.07) is 0. The van der Waals surface area contributed by atoms with Crippen molar-refractivity contribution in [3.8, 4) is 0 Å². The zero-order chi connectivity index (χ0) is 12.2. The fraction of sp³-hybridized carbons (Fsp3) is 0.308. The van der Waals surface area contributed by atoms with Gasteiger partial charge in [-0.2, -0.15) is 0 Å². The SMILES string of the molecule is C=C/C=C\C(=C/C=C)OCC(=O)NCCC. The maximum atomic E-state index is 11.3. The van der Waals surface area contributed by atoms with Crippen LogP contribution in [0.2, 0.25) is 0 Å². The van der Waals surface area contributed by atoms with Gasteiger partial charge >= 0.3 is 0 Å². The average Bonchev–Trinajstić information content (AvgIpc) is 2.30. The molecule has 0 atom stereocenters. The summed E-state index contributed by atoms with van der Waals surface area (Å²) in [4.78, 5) is 11.3. The summed E-state index contributed by atoms with van der Waals surface area (Å²) in [6.07, 6.45) is 9.30. The molecule has 0 unspecified atom stereocenters. The van der Waals surface area contributed by atoms with Gasteiger partial charge in [-0.05, 0) is 18.6 Å². The minimum Gasteiger partial charge on any atom is -0.484 e. The van der Waals surface area contributed by atoms with Crippen molar-refractivity contribution in [1.29, 1.82) is 0 Å². The van der Waals surface area contributed by atoms with E-state index in [0.717, 1.165) is 6.42 Å². The van der Waals surface area contributed by atoms with Gasteiger partial charge in [-0.1, -0.05) is 38.3 Å². The highest BCUT2D eigenvalue weighted by atomic mass is 16.5. The van der Waals surface area contributed by atoms with Crippen LogP contribution in [0.3, 0.4) is 0 Å². The van der Waals surface area contributed by atoms with E-state index >= 15 is 0 Å². The van der Waals surface area contributed by atoms with Crippen LogP contribution in [0.4, 0.5) is 0 Å². The number of carbonyl (C=O) groups excluding carboxylic acids is 1. The average molecular weight is 221 g/mol. The molecule has 3 nitrogen and oxygen atoms in total. The summed E-state index contributed by atoms with van der Waals surface area (Å²) in [5.41, 5.74) is 0. The van der Waals surface area contributed by atoms with Crippen molar-refractivity contribution in [3.05, 3.63) is 49.3 Å². The van der Waals surface area contributed by atoms with Crippen molar-refractivity contribution in [3.63, 3.8) is 0 Å². The second-order valence-electron chi connectivity index (χ2n) is 3.04. The largest absolute Gasteiger partial charge is 0.484 e. The lowest BCUT2D eigenvalue weighted by atomic mass is 10.4. The van der Waals surface area contributed by atoms with Crippen LogP contribution in [0.25, 0.3) is 0 Å². The Labute approximate surface area is 97.2 Å². The Balaban J connectivity index is 4.07. The van der Waals surface area contributed by atoms with E-state index in [1.807, 2.05) is 6.92 Å². The Morgan fingerprint density at radius 3 is 2.69 bits per heavy atom. The van der Waals surface area contributed by atoms with E-state index in [2.05, 4.69) is 18.5 Å². The van der Waals surface area contributed by atoms with Crippen LogP contribution < -0.4 is 5.32 Å². The van der Waals surface area contributed by atoms with Crippen molar-refractivity contribution < 1.29 is 9.53 Å². The molecule has 0 saturated heterocycles. The van der Waals surface area contributed by atoms with Gasteiger partial charge in [-0.15, -0.1) is 0 Å². The summed E-state index contributed by atoms with van der Waals surface area (Å²) in [6.45, 7) is 9.81. The number of rotatable bonds is 8. The predicted molar refractivity (Wildman–Crippen MR) is 66.9 cm³/mol. The lowest BCUT2D eigenvalue weighted by molar-refractivity contribution is -0.124. The highest BCUT2D eigenvalue weighted by Gasteiger charge is 2.00. The van der Waals surface area contributed by atoms with Gasteiger partial charge < -0.3 is 10.1 Å². The summed E-state index contributed by atoms with van der Waals surface area (Å²) in [7, 11) is 0. The van der Waals surface area contributed by atoms with Crippen LogP contribution >= 0.6 is 0 Å². The third-order valence-corrected chi connectivity index (χ3v) is 1.62. The molecule has 0 spiro atoms. The number of hydrogen-bond donors (Lipinski definition) is 1. The molecule has 1 N–H and O–H groups in total. The van der Waals surface area contributed by atoms with Gasteiger partial charge in [0.15, 0.2) is 6.61 Å². The molecule has 0 aliphatic heterocycles. The van der Waals surface area contributed by atoms with E-state index in [4.69, 9.17) is 4.74 Å². The van der Waals surface area contributed by atoms with Gasteiger partial charge in [-0.3, -0.25) is 4.79 Å². The van der Waals surface area contributed by atoms with Crippen LogP contribution in [0.15, 0.2) is 49.3 Å². The Hall–Kier alpha value is -1.77. The van der Waals surface area contributed by atoms with Crippen molar-refractivity contribution in [2.45, 2.75) is 13.3 Å². The zero-order valence-corrected chi connectivity index (χ0v) is 9.74. The number of carbonyl (C=O) groups is 1. The summed E-state index contributed by atoms with van der Waals surface area (Å²) in [5.74, 6) is 0.463. The number of nitrogens with one attached hydrogen (secondary N) is 1. The number of allylic oxidation sites excluding steroid dienone is 5. The summed E-state index contributed by atoms with van der Waals surface area (Å²) >= 11 is 0. The number of amides is 1. The number of hydrogen-bond acceptors (Lipinski definition) is 2. The molecule has 0 saturated carbocycles. The van der Waals surface area contributed by atoms with E-state index in [1.54, 1.807) is 30.4 Å². The second-order valence-corrected chi connectivity index (χ2v) is 3.04. The molecule has 3 heteroatoms. The van der Waals surface area contributed by atoms with Crippen LogP contribution in [0.5, 0.6) is 0 Å². The van der Waals surface area contributed by atoms with Crippen LogP contribution in [0, 0.1) is 0 Å². The Morgan fingerprint density at radius 2 is 2.12 bits per heavy atom. The fourth-order valence-electron chi connectivity index (χ4n) is 0.895. The lowest BCUT2D eigenvalue weighted by Crippen LogP contribution is -2.27. The molecule has 16 heavy (non-hydrogen) atoms. The normalized spacial score (nSPS) is 11.2. The molecular formula is C13H19NO2. The van der Waals surface area contributed by atoms with Gasteiger partial charge in [0.05, 0.1) is 0 Å². The fourth-order valence-corrected chi connectivity index (χ4v) is 0.895.